The third-order valence-corrected chi connectivity index (χ3v) is 3.34. The average molecular weight is 170 g/mol. The molecular weight excluding hydrogens is 152 g/mol. The molecule has 1 N–H and O–H groups in total. The summed E-state index contributed by atoms with van der Waals surface area (Å²) in [6, 6.07) is 0. The van der Waals surface area contributed by atoms with Crippen LogP contribution in [0.1, 0.15) is 39.0 Å². The summed E-state index contributed by atoms with van der Waals surface area (Å²) < 4.78 is 5.85. The molecule has 0 spiro atoms. The largest absolute Gasteiger partial charge is 0.393 e. The first-order chi connectivity index (χ1) is 5.77. The number of aliphatic hydroxyl groups is 1. The maximum Gasteiger partial charge on any atom is 0.0732 e. The molecule has 70 valence electrons. The van der Waals surface area contributed by atoms with E-state index in [0.29, 0.717) is 0 Å². The second-order valence-corrected chi connectivity index (χ2v) is 4.19. The van der Waals surface area contributed by atoms with Gasteiger partial charge in [0, 0.05) is 13.0 Å². The van der Waals surface area contributed by atoms with Gasteiger partial charge in [-0.1, -0.05) is 6.92 Å². The van der Waals surface area contributed by atoms with Gasteiger partial charge in [-0.2, -0.15) is 0 Å². The highest BCUT2D eigenvalue weighted by atomic mass is 16.5. The molecule has 1 saturated carbocycles. The minimum Gasteiger partial charge on any atom is -0.393 e. The van der Waals surface area contributed by atoms with E-state index in [1.165, 1.54) is 12.8 Å². The fourth-order valence-corrected chi connectivity index (χ4v) is 2.39. The molecule has 2 atom stereocenters. The average Bonchev–Trinajstić information content (AvgIpc) is 2.86. The van der Waals surface area contributed by atoms with Crippen molar-refractivity contribution in [1.82, 2.24) is 0 Å². The second-order valence-electron chi connectivity index (χ2n) is 4.19. The van der Waals surface area contributed by atoms with E-state index < -0.39 is 0 Å². The molecule has 2 unspecified atom stereocenters. The van der Waals surface area contributed by atoms with Crippen LogP contribution in [-0.4, -0.2) is 23.4 Å². The highest BCUT2D eigenvalue weighted by molar-refractivity contribution is 4.98. The number of aliphatic hydroxyl groups excluding tert-OH is 1. The zero-order chi connectivity index (χ0) is 8.60. The van der Waals surface area contributed by atoms with Gasteiger partial charge >= 0.3 is 0 Å². The maximum absolute atomic E-state index is 9.57. The molecule has 0 aromatic rings. The maximum atomic E-state index is 9.57. The van der Waals surface area contributed by atoms with Gasteiger partial charge in [-0.15, -0.1) is 0 Å². The third kappa shape index (κ3) is 1.38. The zero-order valence-corrected chi connectivity index (χ0v) is 7.75. The fourth-order valence-electron chi connectivity index (χ4n) is 2.39. The van der Waals surface area contributed by atoms with Crippen LogP contribution in [0.5, 0.6) is 0 Å². The van der Waals surface area contributed by atoms with Gasteiger partial charge < -0.3 is 9.84 Å². The number of ether oxygens (including phenoxy) is 1. The lowest BCUT2D eigenvalue weighted by atomic mass is 9.85. The molecule has 0 aromatic heterocycles. The molecule has 0 amide bonds. The smallest absolute Gasteiger partial charge is 0.0732 e. The van der Waals surface area contributed by atoms with E-state index >= 15 is 0 Å². The van der Waals surface area contributed by atoms with Crippen molar-refractivity contribution in [3.8, 4) is 0 Å². The molecule has 1 saturated heterocycles. The van der Waals surface area contributed by atoms with E-state index in [1.807, 2.05) is 0 Å². The van der Waals surface area contributed by atoms with Crippen LogP contribution < -0.4 is 0 Å². The van der Waals surface area contributed by atoms with Gasteiger partial charge in [0.05, 0.1) is 11.7 Å². The highest BCUT2D eigenvalue weighted by Crippen LogP contribution is 2.48. The predicted octanol–water partition coefficient (Wildman–Crippen LogP) is 1.72. The lowest BCUT2D eigenvalue weighted by Crippen LogP contribution is -2.43. The Hall–Kier alpha value is -0.0800. The van der Waals surface area contributed by atoms with Crippen molar-refractivity contribution >= 4 is 0 Å². The summed E-state index contributed by atoms with van der Waals surface area (Å²) in [7, 11) is 0. The van der Waals surface area contributed by atoms with Crippen molar-refractivity contribution in [2.75, 3.05) is 6.61 Å². The third-order valence-electron chi connectivity index (χ3n) is 3.34. The van der Waals surface area contributed by atoms with Crippen LogP contribution in [0, 0.1) is 5.92 Å². The minimum absolute atomic E-state index is 0.0532. The van der Waals surface area contributed by atoms with Crippen molar-refractivity contribution in [3.63, 3.8) is 0 Å². The van der Waals surface area contributed by atoms with Crippen molar-refractivity contribution in [1.29, 1.82) is 0 Å². The van der Waals surface area contributed by atoms with E-state index in [-0.39, 0.29) is 11.7 Å². The topological polar surface area (TPSA) is 29.5 Å². The van der Waals surface area contributed by atoms with E-state index in [1.54, 1.807) is 0 Å². The lowest BCUT2D eigenvalue weighted by Gasteiger charge is -2.39. The van der Waals surface area contributed by atoms with Crippen molar-refractivity contribution in [2.24, 2.45) is 5.92 Å². The first-order valence-corrected chi connectivity index (χ1v) is 5.09. The van der Waals surface area contributed by atoms with Gasteiger partial charge in [-0.05, 0) is 31.6 Å². The Morgan fingerprint density at radius 3 is 2.67 bits per heavy atom. The first-order valence-electron chi connectivity index (χ1n) is 5.09. The molecule has 2 heteroatoms. The summed E-state index contributed by atoms with van der Waals surface area (Å²) >= 11 is 0. The second kappa shape index (κ2) is 3.00. The quantitative estimate of drug-likeness (QED) is 0.683. The van der Waals surface area contributed by atoms with Gasteiger partial charge in [0.1, 0.15) is 0 Å². The summed E-state index contributed by atoms with van der Waals surface area (Å²) in [5.74, 6) is 0.748. The van der Waals surface area contributed by atoms with E-state index in [2.05, 4.69) is 6.92 Å². The Morgan fingerprint density at radius 2 is 2.17 bits per heavy atom. The Bertz CT molecular complexity index is 165. The number of hydrogen-bond donors (Lipinski definition) is 1. The lowest BCUT2D eigenvalue weighted by molar-refractivity contribution is -0.132. The van der Waals surface area contributed by atoms with E-state index in [0.717, 1.165) is 31.8 Å². The molecule has 2 aliphatic rings. The molecule has 2 nitrogen and oxygen atoms in total. The SMILES string of the molecule is CCC1(C2CC2)CC(O)CCO1. The Labute approximate surface area is 73.9 Å². The van der Waals surface area contributed by atoms with Gasteiger partial charge in [-0.25, -0.2) is 0 Å². The normalized spacial score (nSPS) is 43.0. The molecule has 2 fully saturated rings. The molecule has 0 radical (unpaired) electrons. The van der Waals surface area contributed by atoms with Crippen molar-refractivity contribution in [3.05, 3.63) is 0 Å². The van der Waals surface area contributed by atoms with Crippen LogP contribution in [0.15, 0.2) is 0 Å². The molecule has 0 bridgehead atoms. The summed E-state index contributed by atoms with van der Waals surface area (Å²) in [5.41, 5.74) is 0.0532. The predicted molar refractivity (Wildman–Crippen MR) is 46.9 cm³/mol. The van der Waals surface area contributed by atoms with E-state index in [4.69, 9.17) is 4.74 Å². The van der Waals surface area contributed by atoms with Crippen LogP contribution in [0.3, 0.4) is 0 Å². The van der Waals surface area contributed by atoms with Crippen LogP contribution in [0.4, 0.5) is 0 Å². The standard InChI is InChI=1S/C10H18O2/c1-2-10(8-3-4-8)7-9(11)5-6-12-10/h8-9,11H,2-7H2,1H3. The Balaban J connectivity index is 2.04. The molecule has 1 heterocycles. The van der Waals surface area contributed by atoms with Crippen LogP contribution in [0.2, 0.25) is 0 Å². The molecular formula is C10H18O2. The Morgan fingerprint density at radius 1 is 1.42 bits per heavy atom. The van der Waals surface area contributed by atoms with Crippen LogP contribution in [-0.2, 0) is 4.74 Å². The van der Waals surface area contributed by atoms with Gasteiger partial charge in [-0.3, -0.25) is 0 Å². The highest BCUT2D eigenvalue weighted by Gasteiger charge is 2.47. The fraction of sp³-hybridized carbons (Fsp3) is 1.00. The molecule has 2 rings (SSSR count). The summed E-state index contributed by atoms with van der Waals surface area (Å²) in [6.45, 7) is 2.93. The summed E-state index contributed by atoms with van der Waals surface area (Å²) in [4.78, 5) is 0. The monoisotopic (exact) mass is 170 g/mol. The first kappa shape index (κ1) is 8.52. The molecule has 1 aliphatic carbocycles. The summed E-state index contributed by atoms with van der Waals surface area (Å²) in [6.07, 6.45) is 5.26. The summed E-state index contributed by atoms with van der Waals surface area (Å²) in [5, 5.41) is 9.57. The van der Waals surface area contributed by atoms with Crippen molar-refractivity contribution < 1.29 is 9.84 Å². The van der Waals surface area contributed by atoms with Crippen LogP contribution in [0.25, 0.3) is 0 Å². The molecule has 12 heavy (non-hydrogen) atoms. The molecule has 1 aliphatic heterocycles. The molecule has 0 aromatic carbocycles. The number of rotatable bonds is 2. The van der Waals surface area contributed by atoms with Gasteiger partial charge in [0.15, 0.2) is 0 Å². The van der Waals surface area contributed by atoms with Gasteiger partial charge in [0.25, 0.3) is 0 Å². The number of hydrogen-bond acceptors (Lipinski definition) is 2. The van der Waals surface area contributed by atoms with Crippen LogP contribution >= 0.6 is 0 Å². The van der Waals surface area contributed by atoms with Crippen molar-refractivity contribution in [2.45, 2.75) is 50.7 Å². The van der Waals surface area contributed by atoms with E-state index in [9.17, 15) is 5.11 Å². The zero-order valence-electron chi connectivity index (χ0n) is 7.75. The Kier molecular flexibility index (Phi) is 2.13. The minimum atomic E-state index is -0.112. The van der Waals surface area contributed by atoms with Gasteiger partial charge in [0.2, 0.25) is 0 Å².